The predicted molar refractivity (Wildman–Crippen MR) is 93.0 cm³/mol. The molecule has 25 heavy (non-hydrogen) atoms. The van der Waals surface area contributed by atoms with E-state index in [1.807, 2.05) is 44.3 Å². The standard InChI is InChI=1S/C17H21N7O/c1-13(14-4-6-15(7-5-14)24-12-18-11-21-24)22(2)17(25)19-10-16-8-9-20-23(16)3/h4-9,11-13H,10H2,1-3H3,(H,19,25). The zero-order valence-corrected chi connectivity index (χ0v) is 14.5. The summed E-state index contributed by atoms with van der Waals surface area (Å²) in [5.41, 5.74) is 2.92. The minimum absolute atomic E-state index is 0.0590. The molecule has 1 N–H and O–H groups in total. The molecule has 2 heterocycles. The molecule has 1 aromatic carbocycles. The third-order valence-electron chi connectivity index (χ3n) is 4.30. The maximum Gasteiger partial charge on any atom is 0.317 e. The topological polar surface area (TPSA) is 80.9 Å². The summed E-state index contributed by atoms with van der Waals surface area (Å²) in [6.07, 6.45) is 4.86. The van der Waals surface area contributed by atoms with Crippen LogP contribution in [0.3, 0.4) is 0 Å². The van der Waals surface area contributed by atoms with Crippen molar-refractivity contribution in [3.8, 4) is 5.69 Å². The Morgan fingerprint density at radius 2 is 2.00 bits per heavy atom. The Kier molecular flexibility index (Phi) is 4.78. The Morgan fingerprint density at radius 1 is 1.24 bits per heavy atom. The average Bonchev–Trinajstić information content (AvgIpc) is 3.30. The monoisotopic (exact) mass is 339 g/mol. The van der Waals surface area contributed by atoms with Crippen LogP contribution in [-0.4, -0.2) is 42.5 Å². The third kappa shape index (κ3) is 3.68. The fourth-order valence-corrected chi connectivity index (χ4v) is 2.51. The summed E-state index contributed by atoms with van der Waals surface area (Å²) in [6, 6.07) is 9.60. The van der Waals surface area contributed by atoms with E-state index in [4.69, 9.17) is 0 Å². The van der Waals surface area contributed by atoms with Gasteiger partial charge in [-0.3, -0.25) is 4.68 Å². The Balaban J connectivity index is 1.62. The van der Waals surface area contributed by atoms with Gasteiger partial charge in [-0.1, -0.05) is 12.1 Å². The maximum absolute atomic E-state index is 12.4. The number of rotatable bonds is 5. The molecule has 0 radical (unpaired) electrons. The Bertz CT molecular complexity index is 823. The summed E-state index contributed by atoms with van der Waals surface area (Å²) in [6.45, 7) is 2.44. The van der Waals surface area contributed by atoms with Crippen molar-refractivity contribution in [3.63, 3.8) is 0 Å². The maximum atomic E-state index is 12.4. The number of aromatic nitrogens is 5. The van der Waals surface area contributed by atoms with Crippen molar-refractivity contribution in [2.75, 3.05) is 7.05 Å². The molecule has 2 aromatic heterocycles. The van der Waals surface area contributed by atoms with Crippen LogP contribution >= 0.6 is 0 Å². The first-order valence-electron chi connectivity index (χ1n) is 7.99. The summed E-state index contributed by atoms with van der Waals surface area (Å²) in [7, 11) is 3.64. The number of urea groups is 1. The smallest absolute Gasteiger partial charge is 0.317 e. The van der Waals surface area contributed by atoms with Gasteiger partial charge in [-0.25, -0.2) is 14.5 Å². The van der Waals surface area contributed by atoms with Crippen LogP contribution in [0, 0.1) is 0 Å². The number of nitrogens with zero attached hydrogens (tertiary/aromatic N) is 6. The van der Waals surface area contributed by atoms with Crippen molar-refractivity contribution >= 4 is 6.03 Å². The van der Waals surface area contributed by atoms with Gasteiger partial charge in [0, 0.05) is 20.3 Å². The van der Waals surface area contributed by atoms with Crippen LogP contribution < -0.4 is 5.32 Å². The number of carbonyl (C=O) groups is 1. The second-order valence-electron chi connectivity index (χ2n) is 5.82. The molecule has 1 unspecified atom stereocenters. The van der Waals surface area contributed by atoms with E-state index < -0.39 is 0 Å². The molecule has 0 spiro atoms. The lowest BCUT2D eigenvalue weighted by atomic mass is 10.1. The van der Waals surface area contributed by atoms with Crippen LogP contribution in [0.1, 0.15) is 24.2 Å². The molecule has 0 saturated carbocycles. The lowest BCUT2D eigenvalue weighted by Gasteiger charge is -2.25. The molecule has 3 aromatic rings. The summed E-state index contributed by atoms with van der Waals surface area (Å²) in [5, 5.41) is 11.1. The molecule has 8 heteroatoms. The van der Waals surface area contributed by atoms with Crippen LogP contribution in [0.4, 0.5) is 4.79 Å². The van der Waals surface area contributed by atoms with Gasteiger partial charge < -0.3 is 10.2 Å². The number of amides is 2. The Hall–Kier alpha value is -3.16. The third-order valence-corrected chi connectivity index (χ3v) is 4.30. The highest BCUT2D eigenvalue weighted by Crippen LogP contribution is 2.20. The molecular weight excluding hydrogens is 318 g/mol. The van der Waals surface area contributed by atoms with Crippen LogP contribution in [0.5, 0.6) is 0 Å². The molecule has 0 saturated heterocycles. The van der Waals surface area contributed by atoms with Crippen molar-refractivity contribution in [1.82, 2.24) is 34.8 Å². The van der Waals surface area contributed by atoms with Crippen LogP contribution in [-0.2, 0) is 13.6 Å². The van der Waals surface area contributed by atoms with Gasteiger partial charge in [0.25, 0.3) is 0 Å². The first-order chi connectivity index (χ1) is 12.1. The first kappa shape index (κ1) is 16.7. The van der Waals surface area contributed by atoms with E-state index in [1.54, 1.807) is 33.8 Å². The van der Waals surface area contributed by atoms with E-state index in [0.717, 1.165) is 16.9 Å². The number of aryl methyl sites for hydroxylation is 1. The van der Waals surface area contributed by atoms with Crippen LogP contribution in [0.25, 0.3) is 5.69 Å². The number of hydrogen-bond acceptors (Lipinski definition) is 4. The van der Waals surface area contributed by atoms with E-state index in [0.29, 0.717) is 6.54 Å². The SMILES string of the molecule is CC(c1ccc(-n2cncn2)cc1)N(C)C(=O)NCc1ccnn1C. The zero-order chi connectivity index (χ0) is 17.8. The second-order valence-corrected chi connectivity index (χ2v) is 5.82. The minimum Gasteiger partial charge on any atom is -0.332 e. The van der Waals surface area contributed by atoms with Crippen molar-refractivity contribution in [1.29, 1.82) is 0 Å². The molecule has 0 aliphatic heterocycles. The summed E-state index contributed by atoms with van der Waals surface area (Å²) in [4.78, 5) is 18.0. The van der Waals surface area contributed by atoms with E-state index in [1.165, 1.54) is 6.33 Å². The van der Waals surface area contributed by atoms with Gasteiger partial charge >= 0.3 is 6.03 Å². The minimum atomic E-state index is -0.131. The molecule has 0 aliphatic rings. The molecule has 8 nitrogen and oxygen atoms in total. The molecule has 2 amide bonds. The van der Waals surface area contributed by atoms with E-state index in [-0.39, 0.29) is 12.1 Å². The lowest BCUT2D eigenvalue weighted by molar-refractivity contribution is 0.193. The molecular formula is C17H21N7O. The molecule has 130 valence electrons. The molecule has 3 rings (SSSR count). The number of carbonyl (C=O) groups excluding carboxylic acids is 1. The quantitative estimate of drug-likeness (QED) is 0.770. The zero-order valence-electron chi connectivity index (χ0n) is 14.5. The van der Waals surface area contributed by atoms with E-state index in [2.05, 4.69) is 20.5 Å². The number of hydrogen-bond donors (Lipinski definition) is 1. The molecule has 0 fully saturated rings. The van der Waals surface area contributed by atoms with E-state index >= 15 is 0 Å². The second kappa shape index (κ2) is 7.16. The largest absolute Gasteiger partial charge is 0.332 e. The van der Waals surface area contributed by atoms with Gasteiger partial charge in [0.05, 0.1) is 24.0 Å². The summed E-state index contributed by atoms with van der Waals surface area (Å²) >= 11 is 0. The molecule has 0 aliphatic carbocycles. The molecule has 0 bridgehead atoms. The Labute approximate surface area is 146 Å². The van der Waals surface area contributed by atoms with Crippen molar-refractivity contribution in [2.24, 2.45) is 7.05 Å². The van der Waals surface area contributed by atoms with Gasteiger partial charge in [0.15, 0.2) is 0 Å². The van der Waals surface area contributed by atoms with Gasteiger partial charge in [0.2, 0.25) is 0 Å². The average molecular weight is 339 g/mol. The van der Waals surface area contributed by atoms with E-state index in [9.17, 15) is 4.79 Å². The fraction of sp³-hybridized carbons (Fsp3) is 0.294. The summed E-state index contributed by atoms with van der Waals surface area (Å²) in [5.74, 6) is 0. The Morgan fingerprint density at radius 3 is 2.60 bits per heavy atom. The number of benzene rings is 1. The van der Waals surface area contributed by atoms with Crippen molar-refractivity contribution in [2.45, 2.75) is 19.5 Å². The van der Waals surface area contributed by atoms with Gasteiger partial charge in [-0.05, 0) is 30.7 Å². The van der Waals surface area contributed by atoms with Crippen LogP contribution in [0.2, 0.25) is 0 Å². The van der Waals surface area contributed by atoms with Gasteiger partial charge in [-0.2, -0.15) is 10.2 Å². The summed E-state index contributed by atoms with van der Waals surface area (Å²) < 4.78 is 3.44. The van der Waals surface area contributed by atoms with Gasteiger partial charge in [-0.15, -0.1) is 0 Å². The first-order valence-corrected chi connectivity index (χ1v) is 7.99. The fourth-order valence-electron chi connectivity index (χ4n) is 2.51. The lowest BCUT2D eigenvalue weighted by Crippen LogP contribution is -2.38. The highest BCUT2D eigenvalue weighted by atomic mass is 16.2. The normalized spacial score (nSPS) is 12.0. The highest BCUT2D eigenvalue weighted by molar-refractivity contribution is 5.74. The van der Waals surface area contributed by atoms with Gasteiger partial charge in [0.1, 0.15) is 12.7 Å². The van der Waals surface area contributed by atoms with Crippen molar-refractivity contribution in [3.05, 3.63) is 60.4 Å². The predicted octanol–water partition coefficient (Wildman–Crippen LogP) is 1.90. The number of nitrogens with one attached hydrogen (secondary N) is 1. The van der Waals surface area contributed by atoms with Crippen LogP contribution in [0.15, 0.2) is 49.2 Å². The molecule has 1 atom stereocenters. The van der Waals surface area contributed by atoms with Crippen molar-refractivity contribution < 1.29 is 4.79 Å². The highest BCUT2D eigenvalue weighted by Gasteiger charge is 2.17.